The Morgan fingerprint density at radius 2 is 2.15 bits per heavy atom. The Labute approximate surface area is 78.2 Å². The minimum atomic E-state index is -0.662. The number of aryl methyl sites for hydroxylation is 1. The molecule has 0 fully saturated rings. The fraction of sp³-hybridized carbons (Fsp3) is 0.455. The first-order chi connectivity index (χ1) is 6.16. The lowest BCUT2D eigenvalue weighted by Gasteiger charge is -2.11. The highest BCUT2D eigenvalue weighted by atomic mass is 19.1. The van der Waals surface area contributed by atoms with Gasteiger partial charge in [-0.3, -0.25) is 0 Å². The van der Waals surface area contributed by atoms with Crippen LogP contribution in [0, 0.1) is 12.7 Å². The van der Waals surface area contributed by atoms with Crippen LogP contribution < -0.4 is 0 Å². The first-order valence-electron chi connectivity index (χ1n) is 4.60. The molecule has 13 heavy (non-hydrogen) atoms. The molecule has 0 aliphatic rings. The van der Waals surface area contributed by atoms with Gasteiger partial charge in [0.25, 0.3) is 0 Å². The fourth-order valence-electron chi connectivity index (χ4n) is 1.36. The molecular formula is C11H15FO. The first kappa shape index (κ1) is 10.2. The van der Waals surface area contributed by atoms with Crippen molar-refractivity contribution in [3.63, 3.8) is 0 Å². The molecule has 72 valence electrons. The molecule has 1 atom stereocenters. The third kappa shape index (κ3) is 2.28. The SMILES string of the molecule is CCCC(O)c1cccc(C)c1F. The summed E-state index contributed by atoms with van der Waals surface area (Å²) in [5.74, 6) is -0.275. The molecule has 1 unspecified atom stereocenters. The number of rotatable bonds is 3. The highest BCUT2D eigenvalue weighted by molar-refractivity contribution is 5.26. The third-order valence-corrected chi connectivity index (χ3v) is 2.14. The van der Waals surface area contributed by atoms with E-state index in [9.17, 15) is 9.50 Å². The van der Waals surface area contributed by atoms with E-state index in [0.717, 1.165) is 6.42 Å². The molecule has 1 N–H and O–H groups in total. The van der Waals surface area contributed by atoms with Crippen molar-refractivity contribution in [2.24, 2.45) is 0 Å². The van der Waals surface area contributed by atoms with Crippen LogP contribution in [0.5, 0.6) is 0 Å². The van der Waals surface area contributed by atoms with Gasteiger partial charge in [-0.25, -0.2) is 4.39 Å². The van der Waals surface area contributed by atoms with Crippen molar-refractivity contribution in [3.8, 4) is 0 Å². The standard InChI is InChI=1S/C11H15FO/c1-3-5-10(13)9-7-4-6-8(2)11(9)12/h4,6-7,10,13H,3,5H2,1-2H3. The van der Waals surface area contributed by atoms with E-state index in [-0.39, 0.29) is 5.82 Å². The van der Waals surface area contributed by atoms with Gasteiger partial charge in [-0.15, -0.1) is 0 Å². The van der Waals surface area contributed by atoms with Crippen LogP contribution in [0.3, 0.4) is 0 Å². The Kier molecular flexibility index (Phi) is 3.43. The van der Waals surface area contributed by atoms with E-state index in [1.165, 1.54) is 0 Å². The number of halogens is 1. The molecule has 0 saturated carbocycles. The lowest BCUT2D eigenvalue weighted by molar-refractivity contribution is 0.161. The second-order valence-corrected chi connectivity index (χ2v) is 3.28. The minimum absolute atomic E-state index is 0.275. The molecule has 1 rings (SSSR count). The Morgan fingerprint density at radius 1 is 1.46 bits per heavy atom. The summed E-state index contributed by atoms with van der Waals surface area (Å²) < 4.78 is 13.4. The van der Waals surface area contributed by atoms with E-state index in [0.29, 0.717) is 17.5 Å². The summed E-state index contributed by atoms with van der Waals surface area (Å²) in [6.07, 6.45) is 0.805. The van der Waals surface area contributed by atoms with Crippen LogP contribution in [-0.2, 0) is 0 Å². The molecule has 1 aromatic carbocycles. The molecule has 1 nitrogen and oxygen atoms in total. The zero-order valence-electron chi connectivity index (χ0n) is 8.05. The maximum absolute atomic E-state index is 13.4. The second kappa shape index (κ2) is 4.38. The molecular weight excluding hydrogens is 167 g/mol. The Hall–Kier alpha value is -0.890. The summed E-state index contributed by atoms with van der Waals surface area (Å²) in [5.41, 5.74) is 1.01. The van der Waals surface area contributed by atoms with Crippen molar-refractivity contribution >= 4 is 0 Å². The smallest absolute Gasteiger partial charge is 0.131 e. The number of hydrogen-bond donors (Lipinski definition) is 1. The van der Waals surface area contributed by atoms with Crippen LogP contribution in [0.2, 0.25) is 0 Å². The molecule has 0 saturated heterocycles. The molecule has 0 radical (unpaired) electrons. The Bertz CT molecular complexity index is 283. The highest BCUT2D eigenvalue weighted by Crippen LogP contribution is 2.22. The van der Waals surface area contributed by atoms with E-state index >= 15 is 0 Å². The number of aliphatic hydroxyl groups excluding tert-OH is 1. The largest absolute Gasteiger partial charge is 0.388 e. The first-order valence-corrected chi connectivity index (χ1v) is 4.60. The van der Waals surface area contributed by atoms with Crippen molar-refractivity contribution in [2.45, 2.75) is 32.8 Å². The number of hydrogen-bond acceptors (Lipinski definition) is 1. The monoisotopic (exact) mass is 182 g/mol. The van der Waals surface area contributed by atoms with Gasteiger partial charge in [-0.05, 0) is 18.9 Å². The summed E-state index contributed by atoms with van der Waals surface area (Å²) >= 11 is 0. The van der Waals surface area contributed by atoms with Crippen LogP contribution >= 0.6 is 0 Å². The van der Waals surface area contributed by atoms with Crippen LogP contribution in [0.15, 0.2) is 18.2 Å². The molecule has 0 spiro atoms. The summed E-state index contributed by atoms with van der Waals surface area (Å²) in [7, 11) is 0. The maximum atomic E-state index is 13.4. The quantitative estimate of drug-likeness (QED) is 0.762. The van der Waals surface area contributed by atoms with Crippen LogP contribution in [0.4, 0.5) is 4.39 Å². The van der Waals surface area contributed by atoms with Gasteiger partial charge in [0.15, 0.2) is 0 Å². The minimum Gasteiger partial charge on any atom is -0.388 e. The summed E-state index contributed by atoms with van der Waals surface area (Å²) in [5, 5.41) is 9.59. The average Bonchev–Trinajstić information content (AvgIpc) is 2.10. The molecule has 0 amide bonds. The van der Waals surface area contributed by atoms with E-state index in [1.54, 1.807) is 25.1 Å². The zero-order valence-corrected chi connectivity index (χ0v) is 8.05. The maximum Gasteiger partial charge on any atom is 0.131 e. The predicted octanol–water partition coefficient (Wildman–Crippen LogP) is 2.97. The van der Waals surface area contributed by atoms with Gasteiger partial charge in [0.2, 0.25) is 0 Å². The molecule has 1 aromatic rings. The van der Waals surface area contributed by atoms with E-state index in [4.69, 9.17) is 0 Å². The summed E-state index contributed by atoms with van der Waals surface area (Å²) in [6.45, 7) is 3.68. The van der Waals surface area contributed by atoms with Gasteiger partial charge in [0, 0.05) is 5.56 Å². The van der Waals surface area contributed by atoms with Crippen LogP contribution in [0.25, 0.3) is 0 Å². The molecule has 2 heteroatoms. The lowest BCUT2D eigenvalue weighted by Crippen LogP contribution is -2.01. The normalized spacial score (nSPS) is 12.9. The summed E-state index contributed by atoms with van der Waals surface area (Å²) in [6, 6.07) is 5.12. The number of benzene rings is 1. The second-order valence-electron chi connectivity index (χ2n) is 3.28. The van der Waals surface area contributed by atoms with E-state index in [2.05, 4.69) is 0 Å². The fourth-order valence-corrected chi connectivity index (χ4v) is 1.36. The molecule has 0 heterocycles. The molecule has 0 aliphatic heterocycles. The predicted molar refractivity (Wildman–Crippen MR) is 51.0 cm³/mol. The molecule has 0 aliphatic carbocycles. The Morgan fingerprint density at radius 3 is 2.77 bits per heavy atom. The summed E-state index contributed by atoms with van der Waals surface area (Å²) in [4.78, 5) is 0. The van der Waals surface area contributed by atoms with Crippen molar-refractivity contribution in [1.82, 2.24) is 0 Å². The third-order valence-electron chi connectivity index (χ3n) is 2.14. The van der Waals surface area contributed by atoms with Crippen LogP contribution in [0.1, 0.15) is 37.0 Å². The number of aliphatic hydroxyl groups is 1. The van der Waals surface area contributed by atoms with Crippen molar-refractivity contribution in [1.29, 1.82) is 0 Å². The molecule has 0 bridgehead atoms. The van der Waals surface area contributed by atoms with Gasteiger partial charge in [0.05, 0.1) is 6.10 Å². The van der Waals surface area contributed by atoms with Crippen LogP contribution in [-0.4, -0.2) is 5.11 Å². The Balaban J connectivity index is 2.93. The van der Waals surface area contributed by atoms with Gasteiger partial charge in [-0.2, -0.15) is 0 Å². The zero-order chi connectivity index (χ0) is 9.84. The average molecular weight is 182 g/mol. The van der Waals surface area contributed by atoms with E-state index in [1.807, 2.05) is 6.92 Å². The van der Waals surface area contributed by atoms with E-state index < -0.39 is 6.10 Å². The van der Waals surface area contributed by atoms with Crippen molar-refractivity contribution in [2.75, 3.05) is 0 Å². The van der Waals surface area contributed by atoms with Gasteiger partial charge < -0.3 is 5.11 Å². The highest BCUT2D eigenvalue weighted by Gasteiger charge is 2.12. The lowest BCUT2D eigenvalue weighted by atomic mass is 10.0. The van der Waals surface area contributed by atoms with Gasteiger partial charge in [-0.1, -0.05) is 31.5 Å². The van der Waals surface area contributed by atoms with Crippen molar-refractivity contribution in [3.05, 3.63) is 35.1 Å². The van der Waals surface area contributed by atoms with Crippen molar-refractivity contribution < 1.29 is 9.50 Å². The van der Waals surface area contributed by atoms with Gasteiger partial charge >= 0.3 is 0 Å². The topological polar surface area (TPSA) is 20.2 Å². The van der Waals surface area contributed by atoms with Gasteiger partial charge in [0.1, 0.15) is 5.82 Å². The molecule has 0 aromatic heterocycles.